The number of pyridine rings is 1. The summed E-state index contributed by atoms with van der Waals surface area (Å²) >= 11 is 3.44. The largest absolute Gasteiger partial charge is 0.363 e. The summed E-state index contributed by atoms with van der Waals surface area (Å²) in [4.78, 5) is 4.45. The van der Waals surface area contributed by atoms with Crippen molar-refractivity contribution >= 4 is 21.7 Å². The van der Waals surface area contributed by atoms with Gasteiger partial charge in [0.2, 0.25) is 0 Å². The van der Waals surface area contributed by atoms with Crippen LogP contribution in [0.15, 0.2) is 16.7 Å². The fraction of sp³-hybridized carbons (Fsp3) is 0.615. The average Bonchev–Trinajstić information content (AvgIpc) is 2.34. The molecular weight excluding hydrogens is 278 g/mol. The summed E-state index contributed by atoms with van der Waals surface area (Å²) in [6.07, 6.45) is 8.00. The fourth-order valence-corrected chi connectivity index (χ4v) is 2.98. The van der Waals surface area contributed by atoms with Gasteiger partial charge in [0.05, 0.1) is 5.54 Å². The third-order valence-corrected chi connectivity index (χ3v) is 4.06. The number of nitrogens with one attached hydrogen (secondary N) is 1. The zero-order chi connectivity index (χ0) is 12.3. The summed E-state index contributed by atoms with van der Waals surface area (Å²) in [5, 5.41) is 3.58. The first-order chi connectivity index (χ1) is 8.15. The number of aromatic nitrogens is 1. The molecule has 0 aliphatic heterocycles. The monoisotopic (exact) mass is 297 g/mol. The molecule has 17 heavy (non-hydrogen) atoms. The van der Waals surface area contributed by atoms with Gasteiger partial charge in [-0.05, 0) is 47.3 Å². The maximum Gasteiger partial charge on any atom is 0.129 e. The fourth-order valence-electron chi connectivity index (χ4n) is 2.53. The molecule has 0 radical (unpaired) electrons. The van der Waals surface area contributed by atoms with E-state index in [0.717, 1.165) is 28.7 Å². The zero-order valence-corrected chi connectivity index (χ0v) is 11.9. The van der Waals surface area contributed by atoms with Gasteiger partial charge < -0.3 is 11.1 Å². The molecule has 0 aromatic carbocycles. The Hall–Kier alpha value is -0.610. The van der Waals surface area contributed by atoms with Crippen molar-refractivity contribution in [1.82, 2.24) is 4.98 Å². The van der Waals surface area contributed by atoms with Crippen LogP contribution in [-0.4, -0.2) is 17.1 Å². The van der Waals surface area contributed by atoms with Crippen LogP contribution < -0.4 is 11.1 Å². The molecule has 4 heteroatoms. The molecule has 1 saturated carbocycles. The molecule has 0 atom stereocenters. The Kier molecular flexibility index (Phi) is 4.05. The third kappa shape index (κ3) is 2.99. The molecule has 1 aromatic rings. The Bertz CT molecular complexity index is 386. The Labute approximate surface area is 111 Å². The van der Waals surface area contributed by atoms with Crippen LogP contribution >= 0.6 is 15.9 Å². The summed E-state index contributed by atoms with van der Waals surface area (Å²) in [6, 6.07) is 2.09. The molecule has 0 saturated heterocycles. The molecule has 94 valence electrons. The Morgan fingerprint density at radius 3 is 2.71 bits per heavy atom. The molecule has 0 spiro atoms. The predicted molar refractivity (Wildman–Crippen MR) is 75.2 cm³/mol. The van der Waals surface area contributed by atoms with Crippen LogP contribution in [0.4, 0.5) is 5.82 Å². The van der Waals surface area contributed by atoms with Crippen molar-refractivity contribution in [2.45, 2.75) is 44.6 Å². The highest BCUT2D eigenvalue weighted by molar-refractivity contribution is 9.10. The average molecular weight is 298 g/mol. The van der Waals surface area contributed by atoms with E-state index in [1.807, 2.05) is 6.20 Å². The maximum absolute atomic E-state index is 5.97. The van der Waals surface area contributed by atoms with Gasteiger partial charge in [0.1, 0.15) is 5.82 Å². The third-order valence-electron chi connectivity index (χ3n) is 3.63. The van der Waals surface area contributed by atoms with Gasteiger partial charge >= 0.3 is 0 Å². The summed E-state index contributed by atoms with van der Waals surface area (Å²) in [5.74, 6) is 0.973. The molecule has 0 bridgehead atoms. The minimum absolute atomic E-state index is 0.0594. The summed E-state index contributed by atoms with van der Waals surface area (Å²) < 4.78 is 1.02. The lowest BCUT2D eigenvalue weighted by Crippen LogP contribution is -2.47. The number of aryl methyl sites for hydroxylation is 1. The van der Waals surface area contributed by atoms with E-state index in [4.69, 9.17) is 5.73 Å². The second kappa shape index (κ2) is 5.36. The van der Waals surface area contributed by atoms with Crippen LogP contribution in [0, 0.1) is 6.92 Å². The van der Waals surface area contributed by atoms with Crippen LogP contribution in [0.25, 0.3) is 0 Å². The van der Waals surface area contributed by atoms with E-state index < -0.39 is 0 Å². The van der Waals surface area contributed by atoms with E-state index >= 15 is 0 Å². The van der Waals surface area contributed by atoms with Gasteiger partial charge in [-0.3, -0.25) is 0 Å². The molecule has 3 N–H and O–H groups in total. The predicted octanol–water partition coefficient (Wildman–Crippen LogP) is 3.23. The zero-order valence-electron chi connectivity index (χ0n) is 10.3. The van der Waals surface area contributed by atoms with Gasteiger partial charge in [0.15, 0.2) is 0 Å². The second-order valence-corrected chi connectivity index (χ2v) is 5.90. The number of hydrogen-bond donors (Lipinski definition) is 2. The number of hydrogen-bond acceptors (Lipinski definition) is 3. The molecule has 1 aliphatic carbocycles. The van der Waals surface area contributed by atoms with Crippen molar-refractivity contribution in [3.63, 3.8) is 0 Å². The first kappa shape index (κ1) is 12.8. The van der Waals surface area contributed by atoms with E-state index in [1.165, 1.54) is 19.3 Å². The highest BCUT2D eigenvalue weighted by Crippen LogP contribution is 2.31. The van der Waals surface area contributed by atoms with Gasteiger partial charge in [-0.2, -0.15) is 0 Å². The van der Waals surface area contributed by atoms with E-state index in [0.29, 0.717) is 6.54 Å². The van der Waals surface area contributed by atoms with Crippen molar-refractivity contribution in [2.24, 2.45) is 5.73 Å². The highest BCUT2D eigenvalue weighted by atomic mass is 79.9. The van der Waals surface area contributed by atoms with Gasteiger partial charge in [-0.1, -0.05) is 19.3 Å². The van der Waals surface area contributed by atoms with Crippen LogP contribution in [0.3, 0.4) is 0 Å². The van der Waals surface area contributed by atoms with E-state index in [-0.39, 0.29) is 5.54 Å². The number of halogens is 1. The lowest BCUT2D eigenvalue weighted by molar-refractivity contribution is 0.330. The molecule has 1 heterocycles. The van der Waals surface area contributed by atoms with Crippen molar-refractivity contribution in [3.05, 3.63) is 22.3 Å². The SMILES string of the molecule is Cc1cc(Br)cnc1NC1(CN)CCCCC1. The summed E-state index contributed by atoms with van der Waals surface area (Å²) in [7, 11) is 0. The molecule has 3 nitrogen and oxygen atoms in total. The molecule has 1 aliphatic rings. The minimum atomic E-state index is 0.0594. The van der Waals surface area contributed by atoms with E-state index in [1.54, 1.807) is 0 Å². The van der Waals surface area contributed by atoms with Crippen molar-refractivity contribution in [3.8, 4) is 0 Å². The van der Waals surface area contributed by atoms with Crippen LogP contribution in [0.1, 0.15) is 37.7 Å². The topological polar surface area (TPSA) is 50.9 Å². The quantitative estimate of drug-likeness (QED) is 0.901. The van der Waals surface area contributed by atoms with Gasteiger partial charge in [-0.25, -0.2) is 4.98 Å². The second-order valence-electron chi connectivity index (χ2n) is 4.99. The van der Waals surface area contributed by atoms with E-state index in [2.05, 4.69) is 39.2 Å². The molecule has 0 amide bonds. The molecular formula is C13H20BrN3. The summed E-state index contributed by atoms with van der Waals surface area (Å²) in [5.41, 5.74) is 7.19. The van der Waals surface area contributed by atoms with Gasteiger partial charge in [0, 0.05) is 17.2 Å². The van der Waals surface area contributed by atoms with Crippen molar-refractivity contribution in [2.75, 3.05) is 11.9 Å². The Morgan fingerprint density at radius 2 is 2.12 bits per heavy atom. The Balaban J connectivity index is 2.17. The van der Waals surface area contributed by atoms with Gasteiger partial charge in [-0.15, -0.1) is 0 Å². The molecule has 0 unspecified atom stereocenters. The first-order valence-corrected chi connectivity index (χ1v) is 7.05. The van der Waals surface area contributed by atoms with Gasteiger partial charge in [0.25, 0.3) is 0 Å². The first-order valence-electron chi connectivity index (χ1n) is 6.26. The molecule has 1 fully saturated rings. The smallest absolute Gasteiger partial charge is 0.129 e. The summed E-state index contributed by atoms with van der Waals surface area (Å²) in [6.45, 7) is 2.76. The van der Waals surface area contributed by atoms with Crippen LogP contribution in [-0.2, 0) is 0 Å². The van der Waals surface area contributed by atoms with Crippen LogP contribution in [0.2, 0.25) is 0 Å². The standard InChI is InChI=1S/C13H20BrN3/c1-10-7-11(14)8-16-12(10)17-13(9-15)5-3-2-4-6-13/h7-8H,2-6,9,15H2,1H3,(H,16,17). The van der Waals surface area contributed by atoms with Crippen molar-refractivity contribution in [1.29, 1.82) is 0 Å². The lowest BCUT2D eigenvalue weighted by Gasteiger charge is -2.38. The number of anilines is 1. The number of rotatable bonds is 3. The molecule has 2 rings (SSSR count). The lowest BCUT2D eigenvalue weighted by atomic mass is 9.81. The Morgan fingerprint density at radius 1 is 1.41 bits per heavy atom. The van der Waals surface area contributed by atoms with Crippen molar-refractivity contribution < 1.29 is 0 Å². The minimum Gasteiger partial charge on any atom is -0.363 e. The number of nitrogens with two attached hydrogens (primary N) is 1. The normalized spacial score (nSPS) is 19.0. The number of nitrogens with zero attached hydrogens (tertiary/aromatic N) is 1. The maximum atomic E-state index is 5.97. The molecule has 1 aromatic heterocycles. The highest BCUT2D eigenvalue weighted by Gasteiger charge is 2.31. The van der Waals surface area contributed by atoms with E-state index in [9.17, 15) is 0 Å². The van der Waals surface area contributed by atoms with Crippen LogP contribution in [0.5, 0.6) is 0 Å².